The molecule has 0 unspecified atom stereocenters. The first kappa shape index (κ1) is 15.6. The molecule has 0 atom stereocenters. The summed E-state index contributed by atoms with van der Waals surface area (Å²) in [7, 11) is -2.15. The fourth-order valence-corrected chi connectivity index (χ4v) is 3.14. The van der Waals surface area contributed by atoms with Gasteiger partial charge >= 0.3 is 0 Å². The Morgan fingerprint density at radius 1 is 1.19 bits per heavy atom. The van der Waals surface area contributed by atoms with E-state index in [1.54, 1.807) is 37.4 Å². The number of hydrogen-bond acceptors (Lipinski definition) is 4. The Balaban J connectivity index is 2.26. The van der Waals surface area contributed by atoms with Crippen molar-refractivity contribution in [3.8, 4) is 5.75 Å². The zero-order chi connectivity index (χ0) is 15.5. The van der Waals surface area contributed by atoms with E-state index in [-0.39, 0.29) is 11.4 Å². The average molecular weight is 327 g/mol. The molecule has 0 aromatic heterocycles. The smallest absolute Gasteiger partial charge is 0.261 e. The number of ether oxygens (including phenoxy) is 1. The van der Waals surface area contributed by atoms with Gasteiger partial charge in [-0.05, 0) is 42.0 Å². The second kappa shape index (κ2) is 6.34. The van der Waals surface area contributed by atoms with Gasteiger partial charge in [0.15, 0.2) is 0 Å². The van der Waals surface area contributed by atoms with Crippen molar-refractivity contribution in [1.82, 2.24) is 0 Å². The molecule has 7 heteroatoms. The highest BCUT2D eigenvalue weighted by Gasteiger charge is 2.15. The number of nitrogens with two attached hydrogens (primary N) is 1. The molecule has 0 heterocycles. The third-order valence-electron chi connectivity index (χ3n) is 2.90. The van der Waals surface area contributed by atoms with Crippen LogP contribution in [0.5, 0.6) is 5.75 Å². The normalized spacial score (nSPS) is 11.2. The Bertz CT molecular complexity index is 730. The highest BCUT2D eigenvalue weighted by atomic mass is 35.5. The van der Waals surface area contributed by atoms with Crippen LogP contribution in [-0.2, 0) is 16.6 Å². The van der Waals surface area contributed by atoms with Crippen molar-refractivity contribution in [2.24, 2.45) is 5.73 Å². The van der Waals surface area contributed by atoms with Gasteiger partial charge in [0.1, 0.15) is 5.75 Å². The molecule has 2 aromatic rings. The van der Waals surface area contributed by atoms with Crippen molar-refractivity contribution in [1.29, 1.82) is 0 Å². The molecule has 2 rings (SSSR count). The summed E-state index contributed by atoms with van der Waals surface area (Å²) in [6.07, 6.45) is 0. The summed E-state index contributed by atoms with van der Waals surface area (Å²) in [5.74, 6) is 0.647. The molecule has 0 amide bonds. The molecule has 0 aliphatic heterocycles. The van der Waals surface area contributed by atoms with Crippen LogP contribution >= 0.6 is 11.6 Å². The van der Waals surface area contributed by atoms with Crippen molar-refractivity contribution in [2.75, 3.05) is 11.8 Å². The topological polar surface area (TPSA) is 81.4 Å². The minimum atomic E-state index is -3.70. The number of methoxy groups -OCH3 is 1. The molecule has 0 aliphatic carbocycles. The fraction of sp³-hybridized carbons (Fsp3) is 0.143. The van der Waals surface area contributed by atoms with Crippen LogP contribution in [0.15, 0.2) is 47.4 Å². The predicted octanol–water partition coefficient (Wildman–Crippen LogP) is 2.61. The number of nitrogens with one attached hydrogen (secondary N) is 1. The van der Waals surface area contributed by atoms with Crippen LogP contribution in [0.2, 0.25) is 5.02 Å². The minimum Gasteiger partial charge on any atom is -0.497 e. The van der Waals surface area contributed by atoms with Gasteiger partial charge in [-0.25, -0.2) is 8.42 Å². The van der Waals surface area contributed by atoms with E-state index in [1.165, 1.54) is 12.1 Å². The Kier molecular flexibility index (Phi) is 4.72. The lowest BCUT2D eigenvalue weighted by atomic mass is 10.2. The molecule has 0 aliphatic rings. The van der Waals surface area contributed by atoms with E-state index in [0.29, 0.717) is 22.0 Å². The maximum absolute atomic E-state index is 12.3. The number of rotatable bonds is 5. The number of halogens is 1. The highest BCUT2D eigenvalue weighted by Crippen LogP contribution is 2.23. The summed E-state index contributed by atoms with van der Waals surface area (Å²) in [6, 6.07) is 11.0. The monoisotopic (exact) mass is 326 g/mol. The van der Waals surface area contributed by atoms with E-state index in [4.69, 9.17) is 22.1 Å². The summed E-state index contributed by atoms with van der Waals surface area (Å²) in [5, 5.41) is 0.329. The van der Waals surface area contributed by atoms with Crippen molar-refractivity contribution in [3.05, 3.63) is 53.1 Å². The summed E-state index contributed by atoms with van der Waals surface area (Å²) >= 11 is 5.99. The van der Waals surface area contributed by atoms with Gasteiger partial charge in [-0.2, -0.15) is 0 Å². The van der Waals surface area contributed by atoms with Crippen molar-refractivity contribution < 1.29 is 13.2 Å². The lowest BCUT2D eigenvalue weighted by Gasteiger charge is -2.10. The Morgan fingerprint density at radius 2 is 1.86 bits per heavy atom. The molecule has 0 spiro atoms. The summed E-state index contributed by atoms with van der Waals surface area (Å²) < 4.78 is 32.0. The van der Waals surface area contributed by atoms with E-state index >= 15 is 0 Å². The third kappa shape index (κ3) is 3.66. The standard InChI is InChI=1S/C14H15ClN2O3S/c1-20-12-5-3-11(4-6-12)17-21(18,19)13-7-2-10(9-16)14(15)8-13/h2-8,17H,9,16H2,1H3. The SMILES string of the molecule is COc1ccc(NS(=O)(=O)c2ccc(CN)c(Cl)c2)cc1. The maximum Gasteiger partial charge on any atom is 0.261 e. The van der Waals surface area contributed by atoms with Crippen molar-refractivity contribution >= 4 is 27.3 Å². The lowest BCUT2D eigenvalue weighted by molar-refractivity contribution is 0.415. The third-order valence-corrected chi connectivity index (χ3v) is 4.63. The molecular weight excluding hydrogens is 312 g/mol. The first-order valence-electron chi connectivity index (χ1n) is 6.11. The Labute approximate surface area is 128 Å². The number of hydrogen-bond donors (Lipinski definition) is 2. The number of anilines is 1. The van der Waals surface area contributed by atoms with Crippen molar-refractivity contribution in [2.45, 2.75) is 11.4 Å². The van der Waals surface area contributed by atoms with Crippen LogP contribution in [0.1, 0.15) is 5.56 Å². The average Bonchev–Trinajstić information content (AvgIpc) is 2.47. The minimum absolute atomic E-state index is 0.0838. The molecule has 2 aromatic carbocycles. The summed E-state index contributed by atoms with van der Waals surface area (Å²) in [5.41, 5.74) is 6.63. The van der Waals surface area contributed by atoms with Crippen LogP contribution in [0.3, 0.4) is 0 Å². The van der Waals surface area contributed by atoms with Gasteiger partial charge < -0.3 is 10.5 Å². The van der Waals surface area contributed by atoms with Crippen LogP contribution in [0.4, 0.5) is 5.69 Å². The molecular formula is C14H15ClN2O3S. The summed E-state index contributed by atoms with van der Waals surface area (Å²) in [6.45, 7) is 0.255. The van der Waals surface area contributed by atoms with E-state index in [2.05, 4.69) is 4.72 Å². The zero-order valence-corrected chi connectivity index (χ0v) is 12.9. The molecule has 0 saturated heterocycles. The second-order valence-electron chi connectivity index (χ2n) is 4.29. The van der Waals surface area contributed by atoms with E-state index in [0.717, 1.165) is 0 Å². The van der Waals surface area contributed by atoms with Gasteiger partial charge in [0.05, 0.1) is 12.0 Å². The highest BCUT2D eigenvalue weighted by molar-refractivity contribution is 7.92. The van der Waals surface area contributed by atoms with Gasteiger partial charge in [-0.1, -0.05) is 17.7 Å². The zero-order valence-electron chi connectivity index (χ0n) is 11.3. The molecule has 3 N–H and O–H groups in total. The van der Waals surface area contributed by atoms with E-state index in [9.17, 15) is 8.42 Å². The Morgan fingerprint density at radius 3 is 2.38 bits per heavy atom. The van der Waals surface area contributed by atoms with Crippen LogP contribution < -0.4 is 15.2 Å². The predicted molar refractivity (Wildman–Crippen MR) is 83.1 cm³/mol. The molecule has 21 heavy (non-hydrogen) atoms. The van der Waals surface area contributed by atoms with Crippen LogP contribution in [0.25, 0.3) is 0 Å². The van der Waals surface area contributed by atoms with Crippen LogP contribution in [0, 0.1) is 0 Å². The second-order valence-corrected chi connectivity index (χ2v) is 6.38. The van der Waals surface area contributed by atoms with Gasteiger partial charge in [-0.15, -0.1) is 0 Å². The van der Waals surface area contributed by atoms with Gasteiger partial charge in [0, 0.05) is 17.3 Å². The quantitative estimate of drug-likeness (QED) is 0.885. The molecule has 112 valence electrons. The van der Waals surface area contributed by atoms with Gasteiger partial charge in [0.2, 0.25) is 0 Å². The largest absolute Gasteiger partial charge is 0.497 e. The van der Waals surface area contributed by atoms with E-state index in [1.807, 2.05) is 0 Å². The van der Waals surface area contributed by atoms with E-state index < -0.39 is 10.0 Å². The van der Waals surface area contributed by atoms with Gasteiger partial charge in [-0.3, -0.25) is 4.72 Å². The first-order valence-corrected chi connectivity index (χ1v) is 7.98. The molecule has 0 radical (unpaired) electrons. The maximum atomic E-state index is 12.3. The van der Waals surface area contributed by atoms with Gasteiger partial charge in [0.25, 0.3) is 10.0 Å². The van der Waals surface area contributed by atoms with Crippen LogP contribution in [-0.4, -0.2) is 15.5 Å². The number of sulfonamides is 1. The molecule has 0 fully saturated rings. The molecule has 0 bridgehead atoms. The fourth-order valence-electron chi connectivity index (χ4n) is 1.73. The Hall–Kier alpha value is -1.76. The molecule has 0 saturated carbocycles. The van der Waals surface area contributed by atoms with Crippen molar-refractivity contribution in [3.63, 3.8) is 0 Å². The molecule has 5 nitrogen and oxygen atoms in total. The lowest BCUT2D eigenvalue weighted by Crippen LogP contribution is -2.13. The first-order chi connectivity index (χ1) is 9.96. The summed E-state index contributed by atoms with van der Waals surface area (Å²) in [4.78, 5) is 0.0838. The number of benzene rings is 2.